The molecule has 2 saturated heterocycles. The van der Waals surface area contributed by atoms with Crippen LogP contribution in [0.3, 0.4) is 0 Å². The summed E-state index contributed by atoms with van der Waals surface area (Å²) in [6, 6.07) is 5.68. The number of rotatable bonds is 2. The van der Waals surface area contributed by atoms with E-state index in [1.54, 1.807) is 6.92 Å². The van der Waals surface area contributed by atoms with Crippen LogP contribution in [0.1, 0.15) is 31.4 Å². The first-order valence-electron chi connectivity index (χ1n) is 7.11. The van der Waals surface area contributed by atoms with Crippen molar-refractivity contribution in [2.45, 2.75) is 31.9 Å². The number of piperazine rings is 1. The van der Waals surface area contributed by atoms with Crippen LogP contribution in [-0.4, -0.2) is 42.2 Å². The van der Waals surface area contributed by atoms with E-state index < -0.39 is 6.10 Å². The van der Waals surface area contributed by atoms with Gasteiger partial charge in [-0.25, -0.2) is 4.39 Å². The van der Waals surface area contributed by atoms with E-state index in [-0.39, 0.29) is 5.82 Å². The molecule has 0 amide bonds. The fourth-order valence-electron chi connectivity index (χ4n) is 3.25. The summed E-state index contributed by atoms with van der Waals surface area (Å²) < 4.78 is 14.2. The third-order valence-electron chi connectivity index (χ3n) is 4.38. The van der Waals surface area contributed by atoms with Gasteiger partial charge >= 0.3 is 0 Å². The van der Waals surface area contributed by atoms with Crippen LogP contribution < -0.4 is 4.90 Å². The number of nitrogens with zero attached hydrogens (tertiary/aromatic N) is 2. The summed E-state index contributed by atoms with van der Waals surface area (Å²) >= 11 is 0. The highest BCUT2D eigenvalue weighted by molar-refractivity contribution is 5.50. The lowest BCUT2D eigenvalue weighted by atomic mass is 10.1. The van der Waals surface area contributed by atoms with E-state index in [1.807, 2.05) is 12.1 Å². The smallest absolute Gasteiger partial charge is 0.146 e. The van der Waals surface area contributed by atoms with Crippen LogP contribution in [0.25, 0.3) is 0 Å². The second-order valence-electron chi connectivity index (χ2n) is 5.66. The zero-order valence-electron chi connectivity index (χ0n) is 11.3. The van der Waals surface area contributed by atoms with Gasteiger partial charge < -0.3 is 10.0 Å². The van der Waals surface area contributed by atoms with Gasteiger partial charge in [0.2, 0.25) is 0 Å². The number of benzene rings is 1. The lowest BCUT2D eigenvalue weighted by Crippen LogP contribution is -2.50. The number of hydrogen-bond acceptors (Lipinski definition) is 3. The summed E-state index contributed by atoms with van der Waals surface area (Å²) in [7, 11) is 0. The maximum absolute atomic E-state index is 14.2. The largest absolute Gasteiger partial charge is 0.389 e. The van der Waals surface area contributed by atoms with Gasteiger partial charge in [-0.1, -0.05) is 6.07 Å². The first kappa shape index (κ1) is 12.9. The molecule has 3 nitrogen and oxygen atoms in total. The molecule has 1 aromatic rings. The molecule has 0 aliphatic carbocycles. The van der Waals surface area contributed by atoms with Gasteiger partial charge in [0.05, 0.1) is 11.8 Å². The molecule has 0 spiro atoms. The molecule has 2 atom stereocenters. The Balaban J connectivity index is 1.78. The molecule has 0 bridgehead atoms. The van der Waals surface area contributed by atoms with E-state index in [9.17, 15) is 9.50 Å². The van der Waals surface area contributed by atoms with E-state index in [2.05, 4.69) is 9.80 Å². The number of anilines is 1. The molecule has 2 aliphatic heterocycles. The Labute approximate surface area is 113 Å². The Hall–Kier alpha value is -1.13. The highest BCUT2D eigenvalue weighted by Crippen LogP contribution is 2.28. The monoisotopic (exact) mass is 264 g/mol. The van der Waals surface area contributed by atoms with E-state index in [4.69, 9.17) is 0 Å². The van der Waals surface area contributed by atoms with Gasteiger partial charge in [-0.3, -0.25) is 4.90 Å². The summed E-state index contributed by atoms with van der Waals surface area (Å²) in [6.45, 7) is 5.70. The van der Waals surface area contributed by atoms with Crippen molar-refractivity contribution in [2.24, 2.45) is 0 Å². The van der Waals surface area contributed by atoms with Crippen LogP contribution in [0.5, 0.6) is 0 Å². The minimum Gasteiger partial charge on any atom is -0.389 e. The summed E-state index contributed by atoms with van der Waals surface area (Å²) in [5, 5.41) is 9.49. The highest BCUT2D eigenvalue weighted by atomic mass is 19.1. The molecule has 4 heteroatoms. The molecule has 1 unspecified atom stereocenters. The first-order chi connectivity index (χ1) is 9.15. The van der Waals surface area contributed by atoms with Gasteiger partial charge in [0.1, 0.15) is 5.82 Å². The molecule has 1 aromatic carbocycles. The summed E-state index contributed by atoms with van der Waals surface area (Å²) in [5.74, 6) is -0.218. The predicted octanol–water partition coefficient (Wildman–Crippen LogP) is 2.16. The van der Waals surface area contributed by atoms with E-state index in [0.717, 1.165) is 19.6 Å². The molecule has 19 heavy (non-hydrogen) atoms. The normalized spacial score (nSPS) is 25.4. The minimum absolute atomic E-state index is 0.218. The number of halogens is 1. The van der Waals surface area contributed by atoms with Crippen molar-refractivity contribution in [1.82, 2.24) is 4.90 Å². The molecule has 1 N–H and O–H groups in total. The van der Waals surface area contributed by atoms with Crippen molar-refractivity contribution in [1.29, 1.82) is 0 Å². The lowest BCUT2D eigenvalue weighted by Gasteiger charge is -2.39. The van der Waals surface area contributed by atoms with E-state index in [1.165, 1.54) is 25.5 Å². The Kier molecular flexibility index (Phi) is 3.46. The molecule has 2 heterocycles. The molecular weight excluding hydrogens is 243 g/mol. The van der Waals surface area contributed by atoms with Crippen LogP contribution in [0.15, 0.2) is 18.2 Å². The first-order valence-corrected chi connectivity index (χ1v) is 7.11. The summed E-state index contributed by atoms with van der Waals surface area (Å²) in [6.07, 6.45) is 1.88. The fourth-order valence-corrected chi connectivity index (χ4v) is 3.25. The lowest BCUT2D eigenvalue weighted by molar-refractivity contribution is 0.198. The zero-order chi connectivity index (χ0) is 13.4. The van der Waals surface area contributed by atoms with Gasteiger partial charge in [-0.2, -0.15) is 0 Å². The second-order valence-corrected chi connectivity index (χ2v) is 5.66. The third kappa shape index (κ3) is 2.47. The quantitative estimate of drug-likeness (QED) is 0.887. The third-order valence-corrected chi connectivity index (χ3v) is 4.38. The van der Waals surface area contributed by atoms with Crippen molar-refractivity contribution >= 4 is 5.69 Å². The molecule has 2 aliphatic rings. The van der Waals surface area contributed by atoms with Gasteiger partial charge in [-0.05, 0) is 44.0 Å². The van der Waals surface area contributed by atoms with Crippen molar-refractivity contribution in [3.8, 4) is 0 Å². The number of aliphatic hydroxyl groups is 1. The van der Waals surface area contributed by atoms with Crippen molar-refractivity contribution < 1.29 is 9.50 Å². The number of fused-ring (bicyclic) bond motifs is 1. The van der Waals surface area contributed by atoms with Crippen LogP contribution >= 0.6 is 0 Å². The molecule has 2 fully saturated rings. The Morgan fingerprint density at radius 3 is 2.89 bits per heavy atom. The summed E-state index contributed by atoms with van der Waals surface area (Å²) in [4.78, 5) is 4.66. The molecule has 104 valence electrons. The minimum atomic E-state index is -0.616. The average Bonchev–Trinajstić information content (AvgIpc) is 2.85. The Bertz CT molecular complexity index is 463. The van der Waals surface area contributed by atoms with Gasteiger partial charge in [0.15, 0.2) is 0 Å². The van der Waals surface area contributed by atoms with E-state index in [0.29, 0.717) is 17.3 Å². The van der Waals surface area contributed by atoms with Crippen LogP contribution in [-0.2, 0) is 0 Å². The summed E-state index contributed by atoms with van der Waals surface area (Å²) in [5.41, 5.74) is 1.32. The Morgan fingerprint density at radius 1 is 1.32 bits per heavy atom. The van der Waals surface area contributed by atoms with Crippen LogP contribution in [0.2, 0.25) is 0 Å². The number of aliphatic hydroxyl groups excluding tert-OH is 1. The molecular formula is C15H21FN2O. The van der Waals surface area contributed by atoms with E-state index >= 15 is 0 Å². The van der Waals surface area contributed by atoms with Crippen LogP contribution in [0, 0.1) is 5.82 Å². The van der Waals surface area contributed by atoms with Crippen molar-refractivity contribution in [2.75, 3.05) is 31.1 Å². The average molecular weight is 264 g/mol. The topological polar surface area (TPSA) is 26.7 Å². The molecule has 0 saturated carbocycles. The SMILES string of the molecule is C[C@@H](O)c1ccc(N2CCN3CCCC3C2)c(F)c1. The standard InChI is InChI=1S/C15H21FN2O/c1-11(19)12-4-5-15(14(16)9-12)18-8-7-17-6-2-3-13(17)10-18/h4-5,9,11,13,19H,2-3,6-8,10H2,1H3/t11-,13?/m1/s1. The molecule has 0 radical (unpaired) electrons. The molecule has 3 rings (SSSR count). The maximum atomic E-state index is 14.2. The van der Waals surface area contributed by atoms with Gasteiger partial charge in [0, 0.05) is 25.7 Å². The van der Waals surface area contributed by atoms with Crippen molar-refractivity contribution in [3.63, 3.8) is 0 Å². The highest BCUT2D eigenvalue weighted by Gasteiger charge is 2.31. The van der Waals surface area contributed by atoms with Crippen LogP contribution in [0.4, 0.5) is 10.1 Å². The second kappa shape index (κ2) is 5.10. The zero-order valence-corrected chi connectivity index (χ0v) is 11.3. The number of hydrogen-bond donors (Lipinski definition) is 1. The molecule has 0 aromatic heterocycles. The van der Waals surface area contributed by atoms with Gasteiger partial charge in [0.25, 0.3) is 0 Å². The van der Waals surface area contributed by atoms with Crippen molar-refractivity contribution in [3.05, 3.63) is 29.6 Å². The fraction of sp³-hybridized carbons (Fsp3) is 0.600. The van der Waals surface area contributed by atoms with Gasteiger partial charge in [-0.15, -0.1) is 0 Å². The predicted molar refractivity (Wildman–Crippen MR) is 73.8 cm³/mol. The Morgan fingerprint density at radius 2 is 2.16 bits per heavy atom. The maximum Gasteiger partial charge on any atom is 0.146 e.